The van der Waals surface area contributed by atoms with Crippen molar-refractivity contribution in [3.05, 3.63) is 67.1 Å². The number of piperazine rings is 1. The maximum atomic E-state index is 13.4. The van der Waals surface area contributed by atoms with Gasteiger partial charge in [-0.1, -0.05) is 30.3 Å². The van der Waals surface area contributed by atoms with E-state index < -0.39 is 6.04 Å². The Balaban J connectivity index is 1.30. The molecule has 0 bridgehead atoms. The molecule has 0 saturated carbocycles. The first-order chi connectivity index (χ1) is 17.6. The van der Waals surface area contributed by atoms with Gasteiger partial charge in [-0.05, 0) is 6.92 Å². The first-order valence-corrected chi connectivity index (χ1v) is 12.0. The number of hydrogen-bond acceptors (Lipinski definition) is 7. The lowest BCUT2D eigenvalue weighted by Crippen LogP contribution is -2.52. The smallest absolute Gasteiger partial charge is 0.244 e. The molecule has 1 aliphatic heterocycles. The van der Waals surface area contributed by atoms with Gasteiger partial charge in [-0.25, -0.2) is 4.98 Å². The van der Waals surface area contributed by atoms with Crippen molar-refractivity contribution in [1.82, 2.24) is 19.3 Å². The number of methoxy groups -OCH3 is 2. The van der Waals surface area contributed by atoms with Gasteiger partial charge in [0.2, 0.25) is 5.91 Å². The van der Waals surface area contributed by atoms with E-state index in [0.717, 1.165) is 53.0 Å². The molecule has 0 spiro atoms. The summed E-state index contributed by atoms with van der Waals surface area (Å²) in [5.74, 6) is 2.33. The molecule has 1 N–H and O–H groups in total. The second-order valence-electron chi connectivity index (χ2n) is 8.73. The lowest BCUT2D eigenvalue weighted by Gasteiger charge is -2.37. The number of anilines is 2. The Labute approximate surface area is 210 Å². The van der Waals surface area contributed by atoms with Crippen molar-refractivity contribution in [2.24, 2.45) is 0 Å². The van der Waals surface area contributed by atoms with Crippen LogP contribution in [0.2, 0.25) is 0 Å². The van der Waals surface area contributed by atoms with Gasteiger partial charge in [0, 0.05) is 68.0 Å². The Morgan fingerprint density at radius 3 is 2.36 bits per heavy atom. The number of carbonyl (C=O) groups is 1. The lowest BCUT2D eigenvalue weighted by molar-refractivity contribution is -0.131. The van der Waals surface area contributed by atoms with E-state index in [1.807, 2.05) is 71.0 Å². The van der Waals surface area contributed by atoms with Gasteiger partial charge in [-0.3, -0.25) is 14.2 Å². The van der Waals surface area contributed by atoms with Crippen molar-refractivity contribution < 1.29 is 14.3 Å². The molecular weight excluding hydrogens is 456 g/mol. The topological polar surface area (TPSA) is 84.2 Å². The fourth-order valence-corrected chi connectivity index (χ4v) is 4.54. The number of amides is 1. The number of nitrogens with zero attached hydrogens (tertiary/aromatic N) is 5. The average molecular weight is 487 g/mol. The van der Waals surface area contributed by atoms with Crippen LogP contribution in [-0.4, -0.2) is 71.6 Å². The highest BCUT2D eigenvalue weighted by Crippen LogP contribution is 2.30. The number of benzene rings is 2. The zero-order valence-electron chi connectivity index (χ0n) is 20.7. The van der Waals surface area contributed by atoms with E-state index in [1.165, 1.54) is 0 Å². The molecule has 186 valence electrons. The molecule has 36 heavy (non-hydrogen) atoms. The molecule has 3 heterocycles. The van der Waals surface area contributed by atoms with E-state index in [2.05, 4.69) is 15.2 Å². The maximum Gasteiger partial charge on any atom is 0.244 e. The number of imidazole rings is 1. The molecule has 1 fully saturated rings. The number of aromatic nitrogens is 3. The van der Waals surface area contributed by atoms with Crippen LogP contribution >= 0.6 is 0 Å². The van der Waals surface area contributed by atoms with Crippen LogP contribution in [0.3, 0.4) is 0 Å². The van der Waals surface area contributed by atoms with Gasteiger partial charge < -0.3 is 24.6 Å². The number of ether oxygens (including phenoxy) is 2. The fraction of sp³-hybridized carbons (Fsp3) is 0.296. The summed E-state index contributed by atoms with van der Waals surface area (Å²) >= 11 is 0. The molecule has 5 rings (SSSR count). The molecule has 0 aliphatic carbocycles. The number of rotatable bonds is 7. The molecule has 1 aliphatic rings. The third kappa shape index (κ3) is 4.64. The van der Waals surface area contributed by atoms with Crippen LogP contribution in [0.5, 0.6) is 11.5 Å². The van der Waals surface area contributed by atoms with E-state index >= 15 is 0 Å². The Bertz CT molecular complexity index is 1330. The third-order valence-electron chi connectivity index (χ3n) is 6.49. The first-order valence-electron chi connectivity index (χ1n) is 12.0. The summed E-state index contributed by atoms with van der Waals surface area (Å²) in [6.45, 7) is 4.62. The van der Waals surface area contributed by atoms with Crippen LogP contribution in [-0.2, 0) is 4.79 Å². The van der Waals surface area contributed by atoms with Crippen molar-refractivity contribution in [1.29, 1.82) is 0 Å². The van der Waals surface area contributed by atoms with Crippen molar-refractivity contribution in [2.45, 2.75) is 13.0 Å². The fourth-order valence-electron chi connectivity index (χ4n) is 4.54. The van der Waals surface area contributed by atoms with Gasteiger partial charge in [-0.2, -0.15) is 0 Å². The monoisotopic (exact) mass is 486 g/mol. The molecule has 1 unspecified atom stereocenters. The molecule has 9 heteroatoms. The normalized spacial score (nSPS) is 14.5. The predicted molar refractivity (Wildman–Crippen MR) is 140 cm³/mol. The predicted octanol–water partition coefficient (Wildman–Crippen LogP) is 3.56. The van der Waals surface area contributed by atoms with E-state index in [1.54, 1.807) is 26.6 Å². The summed E-state index contributed by atoms with van der Waals surface area (Å²) in [5.41, 5.74) is 3.52. The second kappa shape index (κ2) is 10.2. The van der Waals surface area contributed by atoms with E-state index in [-0.39, 0.29) is 5.91 Å². The molecule has 9 nitrogen and oxygen atoms in total. The number of carbonyl (C=O) groups excluding carboxylic acids is 1. The average Bonchev–Trinajstić information content (AvgIpc) is 3.31. The van der Waals surface area contributed by atoms with Crippen molar-refractivity contribution in [3.8, 4) is 22.8 Å². The minimum atomic E-state index is -0.427. The molecule has 1 saturated heterocycles. The molecule has 1 amide bonds. The Morgan fingerprint density at radius 2 is 1.69 bits per heavy atom. The highest BCUT2D eigenvalue weighted by Gasteiger charge is 2.27. The van der Waals surface area contributed by atoms with Crippen molar-refractivity contribution >= 4 is 23.1 Å². The van der Waals surface area contributed by atoms with E-state index in [9.17, 15) is 4.79 Å². The second-order valence-corrected chi connectivity index (χ2v) is 8.73. The van der Waals surface area contributed by atoms with Crippen LogP contribution in [0.4, 0.5) is 11.5 Å². The number of nitrogens with one attached hydrogen (secondary N) is 1. The van der Waals surface area contributed by atoms with Gasteiger partial charge in [0.1, 0.15) is 29.1 Å². The van der Waals surface area contributed by atoms with Crippen molar-refractivity contribution in [2.75, 3.05) is 50.6 Å². The molecule has 0 radical (unpaired) electrons. The Hall–Kier alpha value is -4.27. The quantitative estimate of drug-likeness (QED) is 0.428. The number of fused-ring (bicyclic) bond motifs is 1. The van der Waals surface area contributed by atoms with Crippen LogP contribution in [0, 0.1) is 0 Å². The van der Waals surface area contributed by atoms with Gasteiger partial charge in [0.05, 0.1) is 20.4 Å². The largest absolute Gasteiger partial charge is 0.497 e. The van der Waals surface area contributed by atoms with Crippen molar-refractivity contribution in [3.63, 3.8) is 0 Å². The minimum Gasteiger partial charge on any atom is -0.497 e. The minimum absolute atomic E-state index is 0.0564. The molecule has 1 atom stereocenters. The SMILES string of the molecule is COc1cc(OC)cc(N2CCN(C(=O)C(C)Nc3c(-c4ccccc4)nc4cnccn34)CC2)c1. The van der Waals surface area contributed by atoms with Crippen LogP contribution in [0.1, 0.15) is 6.92 Å². The zero-order chi connectivity index (χ0) is 25.1. The zero-order valence-corrected chi connectivity index (χ0v) is 20.7. The molecule has 4 aromatic rings. The summed E-state index contributed by atoms with van der Waals surface area (Å²) in [4.78, 5) is 26.5. The maximum absolute atomic E-state index is 13.4. The highest BCUT2D eigenvalue weighted by atomic mass is 16.5. The van der Waals surface area contributed by atoms with Gasteiger partial charge in [0.15, 0.2) is 5.65 Å². The molecular formula is C27H30N6O3. The van der Waals surface area contributed by atoms with Gasteiger partial charge in [0.25, 0.3) is 0 Å². The van der Waals surface area contributed by atoms with E-state index in [0.29, 0.717) is 13.1 Å². The van der Waals surface area contributed by atoms with Gasteiger partial charge in [-0.15, -0.1) is 0 Å². The number of hydrogen-bond donors (Lipinski definition) is 1. The van der Waals surface area contributed by atoms with Crippen LogP contribution in [0.15, 0.2) is 67.1 Å². The standard InChI is InChI=1S/C27H30N6O3/c1-19(29-26-25(20-7-5-4-6-8-20)30-24-18-28-9-10-33(24)26)27(34)32-13-11-31(12-14-32)21-15-22(35-2)17-23(16-21)36-3/h4-10,15-19,29H,11-14H2,1-3H3. The summed E-state index contributed by atoms with van der Waals surface area (Å²) < 4.78 is 12.8. The van der Waals surface area contributed by atoms with Gasteiger partial charge >= 0.3 is 0 Å². The Kier molecular flexibility index (Phi) is 6.62. The van der Waals surface area contributed by atoms with E-state index in [4.69, 9.17) is 14.5 Å². The Morgan fingerprint density at radius 1 is 1.00 bits per heavy atom. The summed E-state index contributed by atoms with van der Waals surface area (Å²) in [7, 11) is 3.29. The lowest BCUT2D eigenvalue weighted by atomic mass is 10.1. The molecule has 2 aromatic heterocycles. The first kappa shape index (κ1) is 23.5. The van der Waals surface area contributed by atoms with Crippen LogP contribution in [0.25, 0.3) is 16.9 Å². The third-order valence-corrected chi connectivity index (χ3v) is 6.49. The molecule has 2 aromatic carbocycles. The summed E-state index contributed by atoms with van der Waals surface area (Å²) in [6.07, 6.45) is 5.29. The van der Waals surface area contributed by atoms with Crippen LogP contribution < -0.4 is 19.7 Å². The summed E-state index contributed by atoms with van der Waals surface area (Å²) in [6, 6.07) is 15.4. The highest BCUT2D eigenvalue weighted by molar-refractivity contribution is 5.86. The summed E-state index contributed by atoms with van der Waals surface area (Å²) in [5, 5.41) is 3.44.